The number of aromatic nitrogens is 1. The van der Waals surface area contributed by atoms with Gasteiger partial charge in [0, 0.05) is 37.1 Å². The number of benzene rings is 1. The maximum atomic E-state index is 11.5. The summed E-state index contributed by atoms with van der Waals surface area (Å²) in [6.45, 7) is 4.50. The van der Waals surface area contributed by atoms with Crippen molar-refractivity contribution in [3.63, 3.8) is 0 Å². The van der Waals surface area contributed by atoms with Crippen molar-refractivity contribution < 1.29 is 8.42 Å². The van der Waals surface area contributed by atoms with E-state index in [1.54, 1.807) is 11.3 Å². The molecule has 118 valence electrons. The second-order valence-corrected chi connectivity index (χ2v) is 8.35. The van der Waals surface area contributed by atoms with Crippen LogP contribution in [-0.4, -0.2) is 50.1 Å². The molecule has 1 aromatic heterocycles. The largest absolute Gasteiger partial charge is 0.345 e. The fourth-order valence-corrected chi connectivity index (χ4v) is 4.19. The Morgan fingerprint density at radius 3 is 2.32 bits per heavy atom. The van der Waals surface area contributed by atoms with Gasteiger partial charge in [0.05, 0.1) is 11.9 Å². The van der Waals surface area contributed by atoms with E-state index in [2.05, 4.69) is 41.5 Å². The number of aryl methyl sites for hydroxylation is 1. The molecule has 5 nitrogen and oxygen atoms in total. The van der Waals surface area contributed by atoms with Crippen molar-refractivity contribution in [2.75, 3.05) is 37.3 Å². The van der Waals surface area contributed by atoms with Crippen LogP contribution in [0.25, 0.3) is 11.3 Å². The number of anilines is 1. The molecule has 1 saturated heterocycles. The molecular formula is C15H19N3O2S2. The standard InChI is InChI=1S/C15H19N3O2S2/c1-12-3-5-13(6-4-12)14-11-21-15(16-14)17-7-9-18(10-8-17)22(2,19)20/h3-6,11H,7-10H2,1-2H3. The molecule has 0 unspecified atom stereocenters. The third kappa shape index (κ3) is 3.31. The number of sulfonamides is 1. The van der Waals surface area contributed by atoms with Crippen LogP contribution in [0.3, 0.4) is 0 Å². The molecule has 1 aliphatic heterocycles. The molecule has 0 aliphatic carbocycles. The highest BCUT2D eigenvalue weighted by molar-refractivity contribution is 7.88. The van der Waals surface area contributed by atoms with Gasteiger partial charge < -0.3 is 4.90 Å². The molecule has 2 aromatic rings. The minimum absolute atomic E-state index is 0.526. The third-order valence-corrected chi connectivity index (χ3v) is 6.02. The van der Waals surface area contributed by atoms with Crippen LogP contribution in [-0.2, 0) is 10.0 Å². The Hall–Kier alpha value is -1.44. The fourth-order valence-electron chi connectivity index (χ4n) is 2.48. The van der Waals surface area contributed by atoms with Crippen LogP contribution < -0.4 is 4.90 Å². The number of nitrogens with zero attached hydrogens (tertiary/aromatic N) is 3. The molecule has 3 rings (SSSR count). The molecule has 0 saturated carbocycles. The average molecular weight is 337 g/mol. The van der Waals surface area contributed by atoms with E-state index in [1.165, 1.54) is 16.1 Å². The van der Waals surface area contributed by atoms with Gasteiger partial charge in [-0.2, -0.15) is 4.31 Å². The summed E-state index contributed by atoms with van der Waals surface area (Å²) >= 11 is 1.61. The Bertz CT molecular complexity index is 745. The molecule has 1 aliphatic rings. The predicted molar refractivity (Wildman–Crippen MR) is 90.9 cm³/mol. The van der Waals surface area contributed by atoms with Crippen molar-refractivity contribution in [3.05, 3.63) is 35.2 Å². The zero-order valence-electron chi connectivity index (χ0n) is 12.7. The van der Waals surface area contributed by atoms with Gasteiger partial charge >= 0.3 is 0 Å². The van der Waals surface area contributed by atoms with Crippen LogP contribution in [0.1, 0.15) is 5.56 Å². The van der Waals surface area contributed by atoms with Crippen LogP contribution >= 0.6 is 11.3 Å². The molecule has 22 heavy (non-hydrogen) atoms. The summed E-state index contributed by atoms with van der Waals surface area (Å²) in [6, 6.07) is 8.32. The smallest absolute Gasteiger partial charge is 0.211 e. The van der Waals surface area contributed by atoms with Gasteiger partial charge in [-0.25, -0.2) is 13.4 Å². The molecule has 7 heteroatoms. The number of piperazine rings is 1. The zero-order chi connectivity index (χ0) is 15.7. The van der Waals surface area contributed by atoms with Crippen molar-refractivity contribution in [1.82, 2.24) is 9.29 Å². The van der Waals surface area contributed by atoms with Crippen LogP contribution in [0.2, 0.25) is 0 Å². The maximum Gasteiger partial charge on any atom is 0.211 e. The van der Waals surface area contributed by atoms with Crippen LogP contribution in [0.5, 0.6) is 0 Å². The van der Waals surface area contributed by atoms with Crippen molar-refractivity contribution in [2.45, 2.75) is 6.92 Å². The van der Waals surface area contributed by atoms with E-state index in [0.29, 0.717) is 26.2 Å². The lowest BCUT2D eigenvalue weighted by molar-refractivity contribution is 0.388. The molecule has 0 bridgehead atoms. The molecular weight excluding hydrogens is 318 g/mol. The van der Waals surface area contributed by atoms with Gasteiger partial charge in [0.25, 0.3) is 0 Å². The molecule has 0 spiro atoms. The van der Waals surface area contributed by atoms with E-state index in [9.17, 15) is 8.42 Å². The van der Waals surface area contributed by atoms with E-state index >= 15 is 0 Å². The minimum atomic E-state index is -3.08. The van der Waals surface area contributed by atoms with Crippen molar-refractivity contribution >= 4 is 26.5 Å². The van der Waals surface area contributed by atoms with E-state index in [1.807, 2.05) is 0 Å². The lowest BCUT2D eigenvalue weighted by Gasteiger charge is -2.32. The lowest BCUT2D eigenvalue weighted by atomic mass is 10.1. The lowest BCUT2D eigenvalue weighted by Crippen LogP contribution is -2.48. The third-order valence-electron chi connectivity index (χ3n) is 3.82. The van der Waals surface area contributed by atoms with Gasteiger partial charge in [-0.15, -0.1) is 11.3 Å². The molecule has 2 heterocycles. The fraction of sp³-hybridized carbons (Fsp3) is 0.400. The second kappa shape index (κ2) is 5.98. The second-order valence-electron chi connectivity index (χ2n) is 5.53. The van der Waals surface area contributed by atoms with Crippen molar-refractivity contribution in [1.29, 1.82) is 0 Å². The topological polar surface area (TPSA) is 53.5 Å². The number of thiazole rings is 1. The molecule has 0 amide bonds. The highest BCUT2D eigenvalue weighted by Gasteiger charge is 2.24. The van der Waals surface area contributed by atoms with Crippen molar-refractivity contribution in [3.8, 4) is 11.3 Å². The summed E-state index contributed by atoms with van der Waals surface area (Å²) in [4.78, 5) is 6.85. The average Bonchev–Trinajstić information content (AvgIpc) is 2.97. The summed E-state index contributed by atoms with van der Waals surface area (Å²) < 4.78 is 24.6. The Balaban J connectivity index is 1.71. The maximum absolute atomic E-state index is 11.5. The minimum Gasteiger partial charge on any atom is -0.345 e. The van der Waals surface area contributed by atoms with Gasteiger partial charge in [-0.1, -0.05) is 29.8 Å². The molecule has 0 radical (unpaired) electrons. The first-order chi connectivity index (χ1) is 10.4. The van der Waals surface area contributed by atoms with E-state index in [0.717, 1.165) is 16.4 Å². The van der Waals surface area contributed by atoms with Gasteiger partial charge in [-0.3, -0.25) is 0 Å². The Morgan fingerprint density at radius 1 is 1.09 bits per heavy atom. The summed E-state index contributed by atoms with van der Waals surface area (Å²) in [5, 5.41) is 3.02. The molecule has 0 atom stereocenters. The number of rotatable bonds is 3. The molecule has 0 N–H and O–H groups in total. The highest BCUT2D eigenvalue weighted by atomic mass is 32.2. The Morgan fingerprint density at radius 2 is 1.73 bits per heavy atom. The van der Waals surface area contributed by atoms with Gasteiger partial charge in [-0.05, 0) is 6.92 Å². The van der Waals surface area contributed by atoms with Gasteiger partial charge in [0.2, 0.25) is 10.0 Å². The highest BCUT2D eigenvalue weighted by Crippen LogP contribution is 2.28. The monoisotopic (exact) mass is 337 g/mol. The summed E-state index contributed by atoms with van der Waals surface area (Å²) in [5.41, 5.74) is 3.32. The van der Waals surface area contributed by atoms with Gasteiger partial charge in [0.15, 0.2) is 5.13 Å². The van der Waals surface area contributed by atoms with Crippen molar-refractivity contribution in [2.24, 2.45) is 0 Å². The van der Waals surface area contributed by atoms with Crippen LogP contribution in [0, 0.1) is 6.92 Å². The van der Waals surface area contributed by atoms with E-state index in [-0.39, 0.29) is 0 Å². The summed E-state index contributed by atoms with van der Waals surface area (Å²) in [7, 11) is -3.08. The van der Waals surface area contributed by atoms with Gasteiger partial charge in [0.1, 0.15) is 0 Å². The van der Waals surface area contributed by atoms with E-state index in [4.69, 9.17) is 4.98 Å². The quantitative estimate of drug-likeness (QED) is 0.862. The number of hydrogen-bond acceptors (Lipinski definition) is 5. The van der Waals surface area contributed by atoms with E-state index < -0.39 is 10.0 Å². The molecule has 1 aromatic carbocycles. The Kier molecular flexibility index (Phi) is 4.20. The zero-order valence-corrected chi connectivity index (χ0v) is 14.3. The Labute approximate surface area is 135 Å². The normalized spacial score (nSPS) is 16.9. The molecule has 1 fully saturated rings. The first-order valence-electron chi connectivity index (χ1n) is 7.16. The predicted octanol–water partition coefficient (Wildman–Crippen LogP) is 2.20. The summed E-state index contributed by atoms with van der Waals surface area (Å²) in [5.74, 6) is 0. The van der Waals surface area contributed by atoms with Crippen LogP contribution in [0.15, 0.2) is 29.6 Å². The SMILES string of the molecule is Cc1ccc(-c2csc(N3CCN(S(C)(=O)=O)CC3)n2)cc1. The summed E-state index contributed by atoms with van der Waals surface area (Å²) in [6.07, 6.45) is 1.27. The number of hydrogen-bond donors (Lipinski definition) is 0. The first kappa shape index (κ1) is 15.5. The van der Waals surface area contributed by atoms with Crippen LogP contribution in [0.4, 0.5) is 5.13 Å². The first-order valence-corrected chi connectivity index (χ1v) is 9.89.